The van der Waals surface area contributed by atoms with Gasteiger partial charge in [0.05, 0.1) is 0 Å². The number of hydrogen-bond donors (Lipinski definition) is 0. The molecule has 0 bridgehead atoms. The minimum atomic E-state index is 0.301. The summed E-state index contributed by atoms with van der Waals surface area (Å²) in [4.78, 5) is 0. The Morgan fingerprint density at radius 2 is 1.50 bits per heavy atom. The molecule has 10 heavy (non-hydrogen) atoms. The Bertz CT molecular complexity index is 145. The lowest BCUT2D eigenvalue weighted by molar-refractivity contribution is 1.40. The zero-order valence-electron chi connectivity index (χ0n) is 7.31. The normalized spacial score (nSPS) is 33.0. The van der Waals surface area contributed by atoms with E-state index in [2.05, 4.69) is 27.2 Å². The highest BCUT2D eigenvalue weighted by molar-refractivity contribution is 7.84. The first-order chi connectivity index (χ1) is 4.63. The van der Waals surface area contributed by atoms with Gasteiger partial charge in [-0.1, -0.05) is 21.4 Å². The first-order valence-corrected chi connectivity index (χ1v) is 7.67. The zero-order valence-corrected chi connectivity index (χ0v) is 9.10. The molecule has 0 aromatic carbocycles. The molecule has 2 atom stereocenters. The Morgan fingerprint density at radius 1 is 1.10 bits per heavy atom. The number of allylic oxidation sites excluding steroid dienone is 1. The van der Waals surface area contributed by atoms with Crippen molar-refractivity contribution >= 4 is 15.8 Å². The van der Waals surface area contributed by atoms with Crippen molar-refractivity contribution in [3.8, 4) is 0 Å². The SMILES string of the molecule is CC(C)=C1P(C)CCP1C. The second-order valence-electron chi connectivity index (χ2n) is 3.17. The molecule has 0 aromatic heterocycles. The van der Waals surface area contributed by atoms with Crippen molar-refractivity contribution in [2.45, 2.75) is 13.8 Å². The van der Waals surface area contributed by atoms with Crippen LogP contribution in [0.1, 0.15) is 13.8 Å². The van der Waals surface area contributed by atoms with Crippen LogP contribution in [0.25, 0.3) is 0 Å². The molecule has 1 aliphatic heterocycles. The largest absolute Gasteiger partial charge is 0.0777 e. The third kappa shape index (κ3) is 1.60. The third-order valence-corrected chi connectivity index (χ3v) is 8.47. The van der Waals surface area contributed by atoms with E-state index in [0.29, 0.717) is 15.8 Å². The zero-order chi connectivity index (χ0) is 7.72. The van der Waals surface area contributed by atoms with Crippen molar-refractivity contribution in [2.75, 3.05) is 25.7 Å². The van der Waals surface area contributed by atoms with Gasteiger partial charge < -0.3 is 0 Å². The van der Waals surface area contributed by atoms with Gasteiger partial charge in [-0.2, -0.15) is 0 Å². The van der Waals surface area contributed by atoms with Crippen molar-refractivity contribution in [1.29, 1.82) is 0 Å². The molecule has 1 fully saturated rings. The van der Waals surface area contributed by atoms with Crippen molar-refractivity contribution in [2.24, 2.45) is 0 Å². The van der Waals surface area contributed by atoms with Gasteiger partial charge in [0, 0.05) is 0 Å². The van der Waals surface area contributed by atoms with Crippen LogP contribution in [0, 0.1) is 0 Å². The topological polar surface area (TPSA) is 0 Å². The lowest BCUT2D eigenvalue weighted by Gasteiger charge is -2.11. The first-order valence-electron chi connectivity index (χ1n) is 3.72. The van der Waals surface area contributed by atoms with Crippen molar-refractivity contribution in [3.63, 3.8) is 0 Å². The van der Waals surface area contributed by atoms with Crippen LogP contribution >= 0.6 is 15.8 Å². The minimum absolute atomic E-state index is 0.301. The van der Waals surface area contributed by atoms with E-state index in [-0.39, 0.29) is 0 Å². The molecule has 1 rings (SSSR count). The van der Waals surface area contributed by atoms with Gasteiger partial charge in [0.25, 0.3) is 0 Å². The van der Waals surface area contributed by atoms with Crippen LogP contribution < -0.4 is 0 Å². The molecule has 0 amide bonds. The lowest BCUT2D eigenvalue weighted by Crippen LogP contribution is -1.74. The van der Waals surface area contributed by atoms with E-state index in [9.17, 15) is 0 Å². The average Bonchev–Trinajstić information content (AvgIpc) is 2.11. The van der Waals surface area contributed by atoms with E-state index in [1.807, 2.05) is 5.06 Å². The molecule has 1 aliphatic rings. The van der Waals surface area contributed by atoms with Gasteiger partial charge in [0.1, 0.15) is 0 Å². The summed E-state index contributed by atoms with van der Waals surface area (Å²) in [6.07, 6.45) is 3.00. The van der Waals surface area contributed by atoms with Gasteiger partial charge >= 0.3 is 0 Å². The van der Waals surface area contributed by atoms with Crippen LogP contribution in [0.15, 0.2) is 10.6 Å². The molecule has 0 N–H and O–H groups in total. The van der Waals surface area contributed by atoms with Gasteiger partial charge in [0.2, 0.25) is 0 Å². The second kappa shape index (κ2) is 3.33. The average molecular weight is 174 g/mol. The fourth-order valence-corrected chi connectivity index (χ4v) is 8.85. The summed E-state index contributed by atoms with van der Waals surface area (Å²) >= 11 is 0. The highest BCUT2D eigenvalue weighted by atomic mass is 31.2. The summed E-state index contributed by atoms with van der Waals surface area (Å²) in [7, 11) is 0.602. The van der Waals surface area contributed by atoms with Gasteiger partial charge in [-0.3, -0.25) is 0 Å². The molecule has 2 unspecified atom stereocenters. The Hall–Kier alpha value is 0.600. The molecule has 0 aliphatic carbocycles. The maximum absolute atomic E-state index is 2.43. The molecule has 0 saturated carbocycles. The molecular weight excluding hydrogens is 158 g/mol. The lowest BCUT2D eigenvalue weighted by atomic mass is 10.4. The summed E-state index contributed by atoms with van der Waals surface area (Å²) in [5, 5.41) is 1.85. The van der Waals surface area contributed by atoms with Crippen LogP contribution in [0.2, 0.25) is 0 Å². The predicted octanol–water partition coefficient (Wildman–Crippen LogP) is 3.47. The van der Waals surface area contributed by atoms with Crippen LogP contribution in [0.5, 0.6) is 0 Å². The molecule has 0 radical (unpaired) electrons. The third-order valence-electron chi connectivity index (χ3n) is 1.94. The van der Waals surface area contributed by atoms with Gasteiger partial charge in [0.15, 0.2) is 0 Å². The van der Waals surface area contributed by atoms with Gasteiger partial charge in [-0.25, -0.2) is 0 Å². The molecule has 1 heterocycles. The minimum Gasteiger partial charge on any atom is -0.0777 e. The molecule has 0 aromatic rings. The van der Waals surface area contributed by atoms with Crippen molar-refractivity contribution in [3.05, 3.63) is 10.6 Å². The monoisotopic (exact) mass is 174 g/mol. The van der Waals surface area contributed by atoms with Gasteiger partial charge in [-0.15, -0.1) is 0 Å². The highest BCUT2D eigenvalue weighted by Crippen LogP contribution is 2.66. The maximum atomic E-state index is 2.43. The van der Waals surface area contributed by atoms with Crippen LogP contribution in [0.3, 0.4) is 0 Å². The van der Waals surface area contributed by atoms with Crippen LogP contribution in [-0.4, -0.2) is 25.7 Å². The Kier molecular flexibility index (Phi) is 2.90. The molecule has 2 heteroatoms. The van der Waals surface area contributed by atoms with E-state index < -0.39 is 0 Å². The summed E-state index contributed by atoms with van der Waals surface area (Å²) < 4.78 is 0. The summed E-state index contributed by atoms with van der Waals surface area (Å²) in [5.74, 6) is 0. The fraction of sp³-hybridized carbons (Fsp3) is 0.750. The van der Waals surface area contributed by atoms with E-state index in [4.69, 9.17) is 0 Å². The smallest absolute Gasteiger partial charge is 0.0243 e. The fourth-order valence-electron chi connectivity index (χ4n) is 1.57. The Morgan fingerprint density at radius 3 is 1.70 bits per heavy atom. The van der Waals surface area contributed by atoms with Gasteiger partial charge in [-0.05, 0) is 44.6 Å². The predicted molar refractivity (Wildman–Crippen MR) is 53.8 cm³/mol. The quantitative estimate of drug-likeness (QED) is 0.493. The molecule has 1 saturated heterocycles. The summed E-state index contributed by atoms with van der Waals surface area (Å²) in [6.45, 7) is 9.42. The maximum Gasteiger partial charge on any atom is -0.0243 e. The Labute approximate surface area is 66.6 Å². The molecule has 0 spiro atoms. The van der Waals surface area contributed by atoms with Crippen LogP contribution in [0.4, 0.5) is 0 Å². The highest BCUT2D eigenvalue weighted by Gasteiger charge is 2.23. The van der Waals surface area contributed by atoms with Crippen molar-refractivity contribution < 1.29 is 0 Å². The van der Waals surface area contributed by atoms with E-state index in [1.54, 1.807) is 5.57 Å². The second-order valence-corrected chi connectivity index (χ2v) is 8.10. The standard InChI is InChI=1S/C8H16P2/c1-7(2)8-9(3)5-6-10(8)4/h5-6H2,1-4H3. The first kappa shape index (κ1) is 8.69. The van der Waals surface area contributed by atoms with E-state index in [0.717, 1.165) is 0 Å². The molecular formula is C8H16P2. The molecule has 0 nitrogen and oxygen atoms in total. The summed E-state index contributed by atoms with van der Waals surface area (Å²) in [6, 6.07) is 0. The summed E-state index contributed by atoms with van der Waals surface area (Å²) in [5.41, 5.74) is 1.61. The van der Waals surface area contributed by atoms with Crippen molar-refractivity contribution in [1.82, 2.24) is 0 Å². The number of hydrogen-bond acceptors (Lipinski definition) is 0. The van der Waals surface area contributed by atoms with E-state index in [1.165, 1.54) is 12.3 Å². The number of rotatable bonds is 0. The molecule has 58 valence electrons. The van der Waals surface area contributed by atoms with E-state index >= 15 is 0 Å². The van der Waals surface area contributed by atoms with Crippen LogP contribution in [-0.2, 0) is 0 Å². The Balaban J connectivity index is 2.82.